The van der Waals surface area contributed by atoms with Crippen LogP contribution in [0.3, 0.4) is 0 Å². The van der Waals surface area contributed by atoms with E-state index in [2.05, 4.69) is 0 Å². The van der Waals surface area contributed by atoms with E-state index in [1.165, 1.54) is 12.1 Å². The maximum Gasteiger partial charge on any atom is 0.243 e. The average molecular weight is 522 g/mol. The Labute approximate surface area is 186 Å². The Morgan fingerprint density at radius 2 is 1.10 bits per heavy atom. The number of halogens is 1. The lowest BCUT2D eigenvalue weighted by Gasteiger charge is -2.13. The first-order chi connectivity index (χ1) is 13.8. The lowest BCUT2D eigenvalue weighted by molar-refractivity contribution is -0.111. The van der Waals surface area contributed by atoms with Gasteiger partial charge in [-0.05, 0) is 22.6 Å². The second kappa shape index (κ2) is 10.6. The summed E-state index contributed by atoms with van der Waals surface area (Å²) in [6, 6.07) is 13.0. The maximum atomic E-state index is 11.5. The van der Waals surface area contributed by atoms with Crippen molar-refractivity contribution < 1.29 is 34.5 Å². The van der Waals surface area contributed by atoms with Gasteiger partial charge < -0.3 is 15.3 Å². The zero-order chi connectivity index (χ0) is 21.7. The van der Waals surface area contributed by atoms with Crippen LogP contribution in [0.1, 0.15) is 39.3 Å². The minimum absolute atomic E-state index is 0. The van der Waals surface area contributed by atoms with Gasteiger partial charge in [0, 0.05) is 35.4 Å². The molecule has 4 rings (SSSR count). The second-order valence-electron chi connectivity index (χ2n) is 5.63. The van der Waals surface area contributed by atoms with Crippen molar-refractivity contribution in [3.63, 3.8) is 0 Å². The number of aliphatic hydroxyl groups is 3. The number of aliphatic hydroxyl groups excluding tert-OH is 3. The molecule has 0 aliphatic heterocycles. The van der Waals surface area contributed by atoms with E-state index in [0.717, 1.165) is 13.2 Å². The SMILES string of the molecule is C.CO.O=C1C(=O)c2ccccc2C(O)=C1I.O=C1C=C(O)c2ccccc2C1=O. The van der Waals surface area contributed by atoms with Crippen molar-refractivity contribution in [2.45, 2.75) is 7.43 Å². The number of fused-ring (bicyclic) bond motifs is 2. The number of carbonyl (C=O) groups excluding carboxylic acids is 4. The van der Waals surface area contributed by atoms with Crippen LogP contribution in [0.25, 0.3) is 11.5 Å². The van der Waals surface area contributed by atoms with E-state index in [0.29, 0.717) is 11.1 Å². The quantitative estimate of drug-likeness (QED) is 0.356. The van der Waals surface area contributed by atoms with Crippen molar-refractivity contribution >= 4 is 57.2 Å². The smallest absolute Gasteiger partial charge is 0.243 e. The molecule has 0 saturated carbocycles. The van der Waals surface area contributed by atoms with Crippen molar-refractivity contribution in [3.8, 4) is 0 Å². The summed E-state index contributed by atoms with van der Waals surface area (Å²) >= 11 is 1.68. The van der Waals surface area contributed by atoms with E-state index in [9.17, 15) is 29.4 Å². The van der Waals surface area contributed by atoms with Gasteiger partial charge in [-0.15, -0.1) is 0 Å². The fourth-order valence-corrected chi connectivity index (χ4v) is 3.18. The summed E-state index contributed by atoms with van der Waals surface area (Å²) in [6.07, 6.45) is 0.949. The molecule has 0 radical (unpaired) electrons. The van der Waals surface area contributed by atoms with E-state index in [4.69, 9.17) is 5.11 Å². The van der Waals surface area contributed by atoms with Crippen LogP contribution in [0.4, 0.5) is 0 Å². The summed E-state index contributed by atoms with van der Waals surface area (Å²) in [5, 5.41) is 26.0. The van der Waals surface area contributed by atoms with Crippen molar-refractivity contribution in [2.75, 3.05) is 7.11 Å². The number of rotatable bonds is 0. The molecule has 2 aromatic carbocycles. The standard InChI is InChI=1S/C10H5IO3.C10H6O3.CH4O.CH4/c11-7-8(12)5-3-1-2-4-6(5)9(13)10(7)14;11-8-5-9(12)10(13)7-4-2-1-3-6(7)8;1-2;/h1-4,12H;1-5,11H;2H,1H3;1H4. The van der Waals surface area contributed by atoms with Gasteiger partial charge in [-0.2, -0.15) is 0 Å². The Hall–Kier alpha value is -3.11. The van der Waals surface area contributed by atoms with Gasteiger partial charge in [0.15, 0.2) is 0 Å². The number of ketones is 4. The van der Waals surface area contributed by atoms with Gasteiger partial charge in [-0.1, -0.05) is 56.0 Å². The molecule has 0 unspecified atom stereocenters. The molecule has 156 valence electrons. The number of hydrogen-bond acceptors (Lipinski definition) is 7. The number of Topliss-reactive ketones (excluding diaryl/α,β-unsaturated/α-hetero) is 3. The van der Waals surface area contributed by atoms with Gasteiger partial charge in [-0.3, -0.25) is 19.2 Å². The molecule has 0 bridgehead atoms. The zero-order valence-electron chi connectivity index (χ0n) is 15.0. The Morgan fingerprint density at radius 1 is 0.667 bits per heavy atom. The molecule has 2 aromatic rings. The number of benzene rings is 2. The first kappa shape index (κ1) is 24.9. The molecule has 0 aromatic heterocycles. The minimum Gasteiger partial charge on any atom is -0.507 e. The molecule has 0 heterocycles. The average Bonchev–Trinajstić information content (AvgIpc) is 2.76. The van der Waals surface area contributed by atoms with E-state index in [1.54, 1.807) is 59.0 Å². The Morgan fingerprint density at radius 3 is 1.63 bits per heavy atom. The summed E-state index contributed by atoms with van der Waals surface area (Å²) in [7, 11) is 1.00. The predicted molar refractivity (Wildman–Crippen MR) is 121 cm³/mol. The van der Waals surface area contributed by atoms with Crippen LogP contribution in [0.5, 0.6) is 0 Å². The highest BCUT2D eigenvalue weighted by molar-refractivity contribution is 14.1. The van der Waals surface area contributed by atoms with E-state index in [1.807, 2.05) is 0 Å². The molecule has 0 atom stereocenters. The first-order valence-electron chi connectivity index (χ1n) is 8.13. The van der Waals surface area contributed by atoms with Gasteiger partial charge in [0.05, 0.1) is 0 Å². The molecule has 30 heavy (non-hydrogen) atoms. The maximum absolute atomic E-state index is 11.5. The van der Waals surface area contributed by atoms with Crippen LogP contribution in [-0.4, -0.2) is 45.6 Å². The van der Waals surface area contributed by atoms with E-state index >= 15 is 0 Å². The first-order valence-corrected chi connectivity index (χ1v) is 9.21. The lowest BCUT2D eigenvalue weighted by atomic mass is 9.94. The molecule has 8 heteroatoms. The summed E-state index contributed by atoms with van der Waals surface area (Å²) in [6.45, 7) is 0. The third kappa shape index (κ3) is 4.71. The second-order valence-corrected chi connectivity index (χ2v) is 6.71. The summed E-state index contributed by atoms with van der Waals surface area (Å²) in [4.78, 5) is 45.0. The molecular formula is C22H19IO7. The third-order valence-corrected chi connectivity index (χ3v) is 4.98. The summed E-state index contributed by atoms with van der Waals surface area (Å²) < 4.78 is 0.0892. The van der Waals surface area contributed by atoms with Crippen LogP contribution in [0, 0.1) is 0 Å². The van der Waals surface area contributed by atoms with Gasteiger partial charge in [0.25, 0.3) is 0 Å². The zero-order valence-corrected chi connectivity index (χ0v) is 17.2. The number of allylic oxidation sites excluding steroid dienone is 2. The van der Waals surface area contributed by atoms with Gasteiger partial charge in [-0.25, -0.2) is 0 Å². The van der Waals surface area contributed by atoms with Crippen molar-refractivity contribution in [2.24, 2.45) is 0 Å². The minimum atomic E-state index is -0.670. The van der Waals surface area contributed by atoms with E-state index in [-0.39, 0.29) is 33.7 Å². The number of carbonyl (C=O) groups is 4. The van der Waals surface area contributed by atoms with Crippen LogP contribution in [-0.2, 0) is 9.59 Å². The van der Waals surface area contributed by atoms with Crippen LogP contribution >= 0.6 is 22.6 Å². The van der Waals surface area contributed by atoms with Crippen LogP contribution < -0.4 is 0 Å². The molecule has 2 aliphatic carbocycles. The Bertz CT molecular complexity index is 1080. The lowest BCUT2D eigenvalue weighted by Crippen LogP contribution is -2.21. The molecule has 0 spiro atoms. The van der Waals surface area contributed by atoms with Crippen molar-refractivity contribution in [1.82, 2.24) is 0 Å². The molecule has 0 fully saturated rings. The topological polar surface area (TPSA) is 129 Å². The van der Waals surface area contributed by atoms with Gasteiger partial charge >= 0.3 is 0 Å². The predicted octanol–water partition coefficient (Wildman–Crippen LogP) is 3.71. The number of hydrogen-bond donors (Lipinski definition) is 3. The van der Waals surface area contributed by atoms with Crippen LogP contribution in [0.15, 0.2) is 58.2 Å². The molecule has 2 aliphatic rings. The normalized spacial score (nSPS) is 14.2. The largest absolute Gasteiger partial charge is 0.507 e. The van der Waals surface area contributed by atoms with E-state index < -0.39 is 23.1 Å². The molecule has 0 amide bonds. The molecule has 3 N–H and O–H groups in total. The fraction of sp³-hybridized carbons (Fsp3) is 0.0909. The van der Waals surface area contributed by atoms with Crippen molar-refractivity contribution in [3.05, 3.63) is 80.4 Å². The Kier molecular flexibility index (Phi) is 8.81. The van der Waals surface area contributed by atoms with Crippen molar-refractivity contribution in [1.29, 1.82) is 0 Å². The van der Waals surface area contributed by atoms with Gasteiger partial charge in [0.2, 0.25) is 23.1 Å². The highest BCUT2D eigenvalue weighted by atomic mass is 127. The van der Waals surface area contributed by atoms with Crippen LogP contribution in [0.2, 0.25) is 0 Å². The Balaban J connectivity index is 0.000000270. The fourth-order valence-electron chi connectivity index (χ4n) is 2.64. The monoisotopic (exact) mass is 522 g/mol. The summed E-state index contributed by atoms with van der Waals surface area (Å²) in [5.41, 5.74) is 1.40. The molecule has 7 nitrogen and oxygen atoms in total. The molecule has 0 saturated heterocycles. The highest BCUT2D eigenvalue weighted by Gasteiger charge is 2.30. The molecular weight excluding hydrogens is 503 g/mol. The highest BCUT2D eigenvalue weighted by Crippen LogP contribution is 2.30. The van der Waals surface area contributed by atoms with Gasteiger partial charge in [0.1, 0.15) is 15.1 Å². The third-order valence-electron chi connectivity index (χ3n) is 3.98. The summed E-state index contributed by atoms with van der Waals surface area (Å²) in [5.74, 6) is -2.67.